The molecule has 3 heterocycles. The van der Waals surface area contributed by atoms with Gasteiger partial charge in [-0.3, -0.25) is 10.3 Å². The van der Waals surface area contributed by atoms with E-state index in [2.05, 4.69) is 11.4 Å². The molecule has 0 bridgehead atoms. The van der Waals surface area contributed by atoms with Crippen molar-refractivity contribution in [2.24, 2.45) is 0 Å². The molecular weight excluding hydrogens is 491 g/mol. The third-order valence-electron chi connectivity index (χ3n) is 5.79. The van der Waals surface area contributed by atoms with Crippen molar-refractivity contribution in [1.82, 2.24) is 0 Å². The van der Waals surface area contributed by atoms with Crippen molar-refractivity contribution in [3.63, 3.8) is 0 Å². The Bertz CT molecular complexity index is 1440. The van der Waals surface area contributed by atoms with Crippen LogP contribution in [0.1, 0.15) is 11.5 Å². The van der Waals surface area contributed by atoms with Crippen molar-refractivity contribution in [2.75, 3.05) is 10.2 Å². The summed E-state index contributed by atoms with van der Waals surface area (Å²) in [6, 6.07) is 23.7. The second-order valence-electron chi connectivity index (χ2n) is 7.65. The highest BCUT2D eigenvalue weighted by Gasteiger charge is 2.44. The van der Waals surface area contributed by atoms with E-state index in [0.717, 1.165) is 42.4 Å². The number of thioether (sulfide) groups is 2. The average Bonchev–Trinajstić information content (AvgIpc) is 3.40. The first-order valence-electron chi connectivity index (χ1n) is 10.1. The summed E-state index contributed by atoms with van der Waals surface area (Å²) in [6.45, 7) is 0. The zero-order valence-electron chi connectivity index (χ0n) is 16.9. The maximum atomic E-state index is 10.4. The molecule has 6 rings (SSSR count). The summed E-state index contributed by atoms with van der Waals surface area (Å²) in [5.74, 6) is -0.162. The number of hydrogen-bond acceptors (Lipinski definition) is 5. The van der Waals surface area contributed by atoms with Gasteiger partial charge in [0.05, 0.1) is 34.0 Å². The summed E-state index contributed by atoms with van der Waals surface area (Å²) < 4.78 is 0. The molecule has 3 aliphatic rings. The van der Waals surface area contributed by atoms with Crippen LogP contribution in [-0.2, 0) is 0 Å². The van der Waals surface area contributed by atoms with Gasteiger partial charge in [0.1, 0.15) is 10.9 Å². The monoisotopic (exact) mass is 504 g/mol. The zero-order valence-corrected chi connectivity index (χ0v) is 20.0. The number of anilines is 2. The molecule has 0 aromatic heterocycles. The molecule has 160 valence electrons. The molecule has 4 nitrogen and oxygen atoms in total. The normalized spacial score (nSPS) is 20.8. The van der Waals surface area contributed by atoms with Crippen molar-refractivity contribution < 1.29 is 0 Å². The smallest absolute Gasteiger partial charge is 0.137 e. The molecule has 0 fully saturated rings. The fraction of sp³-hybridized carbons (Fsp3) is 0.0400. The first-order valence-corrected chi connectivity index (χ1v) is 12.5. The predicted octanol–water partition coefficient (Wildman–Crippen LogP) is 7.84. The van der Waals surface area contributed by atoms with Crippen molar-refractivity contribution in [1.29, 1.82) is 10.7 Å². The van der Waals surface area contributed by atoms with Gasteiger partial charge < -0.3 is 5.32 Å². The highest BCUT2D eigenvalue weighted by Crippen LogP contribution is 2.56. The Morgan fingerprint density at radius 3 is 2.48 bits per heavy atom. The number of nitrogens with one attached hydrogen (secondary N) is 2. The molecule has 3 aliphatic heterocycles. The van der Waals surface area contributed by atoms with E-state index >= 15 is 0 Å². The van der Waals surface area contributed by atoms with Crippen LogP contribution < -0.4 is 10.2 Å². The second kappa shape index (κ2) is 7.89. The minimum absolute atomic E-state index is 0.334. The first-order chi connectivity index (χ1) is 16.1. The third-order valence-corrected chi connectivity index (χ3v) is 8.61. The van der Waals surface area contributed by atoms with Gasteiger partial charge in [-0.05, 0) is 42.0 Å². The van der Waals surface area contributed by atoms with Crippen molar-refractivity contribution >= 4 is 63.9 Å². The average molecular weight is 505 g/mol. The van der Waals surface area contributed by atoms with Crippen LogP contribution >= 0.6 is 46.7 Å². The van der Waals surface area contributed by atoms with Gasteiger partial charge in [-0.15, -0.1) is 0 Å². The van der Waals surface area contributed by atoms with Crippen molar-refractivity contribution in [3.05, 3.63) is 104 Å². The maximum absolute atomic E-state index is 10.4. The van der Waals surface area contributed by atoms with Gasteiger partial charge >= 0.3 is 0 Å². The van der Waals surface area contributed by atoms with Crippen LogP contribution in [0.4, 0.5) is 11.4 Å². The Morgan fingerprint density at radius 1 is 0.970 bits per heavy atom. The van der Waals surface area contributed by atoms with Crippen LogP contribution in [0.5, 0.6) is 0 Å². The van der Waals surface area contributed by atoms with Gasteiger partial charge in [-0.2, -0.15) is 5.26 Å². The van der Waals surface area contributed by atoms with E-state index in [4.69, 9.17) is 23.2 Å². The number of nitrogens with zero attached hydrogens (tertiary/aromatic N) is 2. The molecule has 0 radical (unpaired) electrons. The summed E-state index contributed by atoms with van der Waals surface area (Å²) in [4.78, 5) is 3.98. The lowest BCUT2D eigenvalue weighted by molar-refractivity contribution is 0.940. The minimum atomic E-state index is -0.496. The molecule has 8 heteroatoms. The molecule has 1 atom stereocenters. The van der Waals surface area contributed by atoms with Crippen LogP contribution in [0.15, 0.2) is 97.7 Å². The Labute approximate surface area is 209 Å². The van der Waals surface area contributed by atoms with Crippen LogP contribution in [0.25, 0.3) is 0 Å². The lowest BCUT2D eigenvalue weighted by atomic mass is 9.82. The lowest BCUT2D eigenvalue weighted by Crippen LogP contribution is -2.37. The molecule has 3 aromatic carbocycles. The first kappa shape index (κ1) is 20.8. The van der Waals surface area contributed by atoms with E-state index in [0.29, 0.717) is 21.5 Å². The quantitative estimate of drug-likeness (QED) is 0.353. The van der Waals surface area contributed by atoms with E-state index in [9.17, 15) is 10.7 Å². The van der Waals surface area contributed by atoms with E-state index in [1.807, 2.05) is 59.5 Å². The molecule has 0 amide bonds. The number of fused-ring (bicyclic) bond motifs is 4. The van der Waals surface area contributed by atoms with Crippen LogP contribution in [0.2, 0.25) is 10.0 Å². The van der Waals surface area contributed by atoms with Crippen LogP contribution in [-0.4, -0.2) is 5.84 Å². The Kier molecular flexibility index (Phi) is 4.97. The van der Waals surface area contributed by atoms with Crippen LogP contribution in [0.3, 0.4) is 0 Å². The van der Waals surface area contributed by atoms with Crippen molar-refractivity contribution in [3.8, 4) is 6.07 Å². The standard InChI is InChI=1S/C25H14Cl2N4S2/c26-13-9-10-14(16(27)11-13)21-15(12-28)25-31(18-6-2-4-8-20(18)33-25)23(29)22(21)24-30-17-5-1-3-7-19(17)32-24/h1-11,21,29-30H/t21-/m1/s1. The molecule has 0 unspecified atom stereocenters. The highest BCUT2D eigenvalue weighted by molar-refractivity contribution is 8.04. The number of para-hydroxylation sites is 2. The lowest BCUT2D eigenvalue weighted by Gasteiger charge is -2.35. The summed E-state index contributed by atoms with van der Waals surface area (Å²) in [5.41, 5.74) is 3.94. The van der Waals surface area contributed by atoms with Crippen LogP contribution in [0, 0.1) is 16.7 Å². The number of benzene rings is 3. The Morgan fingerprint density at radius 2 is 1.73 bits per heavy atom. The topological polar surface area (TPSA) is 62.9 Å². The number of nitriles is 1. The van der Waals surface area contributed by atoms with Gasteiger partial charge in [0.15, 0.2) is 0 Å². The summed E-state index contributed by atoms with van der Waals surface area (Å²) in [6.07, 6.45) is 0. The largest absolute Gasteiger partial charge is 0.349 e. The molecule has 0 aliphatic carbocycles. The minimum Gasteiger partial charge on any atom is -0.349 e. The fourth-order valence-electron chi connectivity index (χ4n) is 4.35. The highest BCUT2D eigenvalue weighted by atomic mass is 35.5. The Balaban J connectivity index is 1.63. The Hall–Kier alpha value is -2.82. The van der Waals surface area contributed by atoms with Gasteiger partial charge in [-0.1, -0.05) is 77.1 Å². The number of amidine groups is 1. The molecule has 3 aromatic rings. The summed E-state index contributed by atoms with van der Waals surface area (Å²) in [5, 5.41) is 25.8. The summed E-state index contributed by atoms with van der Waals surface area (Å²) in [7, 11) is 0. The molecule has 0 saturated heterocycles. The van der Waals surface area contributed by atoms with E-state index in [1.54, 1.807) is 23.9 Å². The molecule has 33 heavy (non-hydrogen) atoms. The van der Waals surface area contributed by atoms with Gasteiger partial charge in [0, 0.05) is 25.4 Å². The third kappa shape index (κ3) is 3.19. The van der Waals surface area contributed by atoms with E-state index in [1.165, 1.54) is 11.8 Å². The SMILES string of the molecule is N#CC1=C2Sc3ccccc3N2C(=N)C(=C2Nc3ccccc3S2)[C@@H]1c1ccc(Cl)cc1Cl. The molecule has 0 saturated carbocycles. The number of rotatable bonds is 1. The maximum Gasteiger partial charge on any atom is 0.137 e. The predicted molar refractivity (Wildman–Crippen MR) is 137 cm³/mol. The van der Waals surface area contributed by atoms with Gasteiger partial charge in [0.2, 0.25) is 0 Å². The van der Waals surface area contributed by atoms with E-state index in [-0.39, 0.29) is 0 Å². The second-order valence-corrected chi connectivity index (χ2v) is 10.6. The molecule has 0 spiro atoms. The zero-order chi connectivity index (χ0) is 22.7. The van der Waals surface area contributed by atoms with Gasteiger partial charge in [0.25, 0.3) is 0 Å². The van der Waals surface area contributed by atoms with Gasteiger partial charge in [-0.25, -0.2) is 0 Å². The molecular formula is C25H14Cl2N4S2. The number of hydrogen-bond donors (Lipinski definition) is 2. The number of allylic oxidation sites excluding steroid dienone is 1. The fourth-order valence-corrected chi connectivity index (χ4v) is 7.12. The molecule has 2 N–H and O–H groups in total. The van der Waals surface area contributed by atoms with E-state index < -0.39 is 5.92 Å². The summed E-state index contributed by atoms with van der Waals surface area (Å²) >= 11 is 15.9. The van der Waals surface area contributed by atoms with Crippen molar-refractivity contribution in [2.45, 2.75) is 15.7 Å². The number of halogens is 2.